The average molecular weight is 243 g/mol. The molecule has 3 nitrogen and oxygen atoms in total. The molecule has 4 heteroatoms. The average Bonchev–Trinajstić information content (AvgIpc) is 2.28. The monoisotopic (exact) mass is 242 g/mol. The Labute approximate surface area is 100 Å². The van der Waals surface area contributed by atoms with Gasteiger partial charge in [0, 0.05) is 0 Å². The molecule has 0 saturated carbocycles. The Kier molecular flexibility index (Phi) is 5.12. The summed E-state index contributed by atoms with van der Waals surface area (Å²) < 4.78 is 10.2. The topological polar surface area (TPSA) is 35.5 Å². The van der Waals surface area contributed by atoms with Crippen molar-refractivity contribution in [1.29, 1.82) is 0 Å². The molecule has 1 aromatic carbocycles. The highest BCUT2D eigenvalue weighted by molar-refractivity contribution is 6.34. The Morgan fingerprint density at radius 2 is 2.19 bits per heavy atom. The molecule has 0 bridgehead atoms. The van der Waals surface area contributed by atoms with Crippen molar-refractivity contribution in [2.45, 2.75) is 19.8 Å². The molecule has 0 aromatic heterocycles. The quantitative estimate of drug-likeness (QED) is 0.587. The number of benzene rings is 1. The van der Waals surface area contributed by atoms with Crippen LogP contribution in [0.3, 0.4) is 0 Å². The normalized spacial score (nSPS) is 9.94. The Morgan fingerprint density at radius 1 is 1.44 bits per heavy atom. The van der Waals surface area contributed by atoms with Gasteiger partial charge in [-0.1, -0.05) is 31.0 Å². The van der Waals surface area contributed by atoms with Gasteiger partial charge in [0.15, 0.2) is 0 Å². The third-order valence-electron chi connectivity index (χ3n) is 2.13. The van der Waals surface area contributed by atoms with E-state index in [9.17, 15) is 4.79 Å². The maximum absolute atomic E-state index is 11.7. The maximum Gasteiger partial charge on any atom is 0.343 e. The first kappa shape index (κ1) is 12.8. The SMILES string of the molecule is CCCCOC(=O)c1c(Cl)cccc1OC. The molecule has 0 saturated heterocycles. The van der Waals surface area contributed by atoms with E-state index in [1.165, 1.54) is 7.11 Å². The predicted molar refractivity (Wildman–Crippen MR) is 63.2 cm³/mol. The van der Waals surface area contributed by atoms with Crippen LogP contribution in [0.15, 0.2) is 18.2 Å². The van der Waals surface area contributed by atoms with Crippen LogP contribution in [0.1, 0.15) is 30.1 Å². The molecular weight excluding hydrogens is 228 g/mol. The Hall–Kier alpha value is -1.22. The molecular formula is C12H15ClO3. The summed E-state index contributed by atoms with van der Waals surface area (Å²) in [6.45, 7) is 2.44. The summed E-state index contributed by atoms with van der Waals surface area (Å²) >= 11 is 5.93. The molecule has 0 heterocycles. The van der Waals surface area contributed by atoms with Crippen molar-refractivity contribution in [1.82, 2.24) is 0 Å². The van der Waals surface area contributed by atoms with Gasteiger partial charge >= 0.3 is 5.97 Å². The molecule has 0 spiro atoms. The van der Waals surface area contributed by atoms with Crippen molar-refractivity contribution in [2.24, 2.45) is 0 Å². The minimum absolute atomic E-state index is 0.294. The minimum Gasteiger partial charge on any atom is -0.496 e. The van der Waals surface area contributed by atoms with Gasteiger partial charge < -0.3 is 9.47 Å². The van der Waals surface area contributed by atoms with Crippen LogP contribution in [-0.2, 0) is 4.74 Å². The lowest BCUT2D eigenvalue weighted by Crippen LogP contribution is -2.08. The highest BCUT2D eigenvalue weighted by Gasteiger charge is 2.17. The molecule has 88 valence electrons. The molecule has 1 rings (SSSR count). The summed E-state index contributed by atoms with van der Waals surface area (Å²) in [6.07, 6.45) is 1.82. The second kappa shape index (κ2) is 6.38. The third-order valence-corrected chi connectivity index (χ3v) is 2.45. The summed E-state index contributed by atoms with van der Waals surface area (Å²) in [6, 6.07) is 5.05. The molecule has 0 aliphatic rings. The molecule has 0 aliphatic carbocycles. The molecule has 0 aliphatic heterocycles. The van der Waals surface area contributed by atoms with E-state index in [-0.39, 0.29) is 0 Å². The van der Waals surface area contributed by atoms with Gasteiger partial charge in [0.1, 0.15) is 11.3 Å². The maximum atomic E-state index is 11.7. The molecule has 1 aromatic rings. The number of halogens is 1. The summed E-state index contributed by atoms with van der Waals surface area (Å²) in [5, 5.41) is 0.348. The fraction of sp³-hybridized carbons (Fsp3) is 0.417. The van der Waals surface area contributed by atoms with E-state index < -0.39 is 5.97 Å². The van der Waals surface area contributed by atoms with Gasteiger partial charge in [0.05, 0.1) is 18.7 Å². The largest absolute Gasteiger partial charge is 0.496 e. The van der Waals surface area contributed by atoms with Gasteiger partial charge in [-0.05, 0) is 18.6 Å². The van der Waals surface area contributed by atoms with E-state index >= 15 is 0 Å². The first-order valence-electron chi connectivity index (χ1n) is 5.20. The second-order valence-corrected chi connectivity index (χ2v) is 3.71. The van der Waals surface area contributed by atoms with E-state index in [1.807, 2.05) is 6.92 Å². The van der Waals surface area contributed by atoms with Gasteiger partial charge in [-0.3, -0.25) is 0 Å². The van der Waals surface area contributed by atoms with Crippen LogP contribution in [0.4, 0.5) is 0 Å². The molecule has 0 N–H and O–H groups in total. The number of unbranched alkanes of at least 4 members (excludes halogenated alkanes) is 1. The van der Waals surface area contributed by atoms with Crippen LogP contribution >= 0.6 is 11.6 Å². The second-order valence-electron chi connectivity index (χ2n) is 3.31. The molecule has 0 amide bonds. The van der Waals surface area contributed by atoms with Crippen molar-refractivity contribution in [2.75, 3.05) is 13.7 Å². The standard InChI is InChI=1S/C12H15ClO3/c1-3-4-8-16-12(14)11-9(13)6-5-7-10(11)15-2/h5-7H,3-4,8H2,1-2H3. The summed E-state index contributed by atoms with van der Waals surface area (Å²) in [5.41, 5.74) is 0.294. The lowest BCUT2D eigenvalue weighted by molar-refractivity contribution is 0.0496. The highest BCUT2D eigenvalue weighted by Crippen LogP contribution is 2.26. The summed E-state index contributed by atoms with van der Waals surface area (Å²) in [7, 11) is 1.49. The number of esters is 1. The minimum atomic E-state index is -0.434. The van der Waals surface area contributed by atoms with Gasteiger partial charge in [-0.25, -0.2) is 4.79 Å². The first-order valence-corrected chi connectivity index (χ1v) is 5.58. The summed E-state index contributed by atoms with van der Waals surface area (Å²) in [5.74, 6) is 0.00454. The molecule has 0 unspecified atom stereocenters. The number of hydrogen-bond donors (Lipinski definition) is 0. The van der Waals surface area contributed by atoms with Crippen LogP contribution in [0.2, 0.25) is 5.02 Å². The first-order chi connectivity index (χ1) is 7.70. The smallest absolute Gasteiger partial charge is 0.343 e. The lowest BCUT2D eigenvalue weighted by Gasteiger charge is -2.09. The molecule has 0 fully saturated rings. The summed E-state index contributed by atoms with van der Waals surface area (Å²) in [4.78, 5) is 11.7. The fourth-order valence-corrected chi connectivity index (χ4v) is 1.50. The van der Waals surface area contributed by atoms with Crippen molar-refractivity contribution in [3.63, 3.8) is 0 Å². The zero-order chi connectivity index (χ0) is 12.0. The van der Waals surface area contributed by atoms with Gasteiger partial charge in [-0.2, -0.15) is 0 Å². The van der Waals surface area contributed by atoms with Crippen molar-refractivity contribution >= 4 is 17.6 Å². The number of rotatable bonds is 5. The molecule has 0 atom stereocenters. The van der Waals surface area contributed by atoms with E-state index in [0.29, 0.717) is 22.9 Å². The van der Waals surface area contributed by atoms with E-state index in [1.54, 1.807) is 18.2 Å². The highest BCUT2D eigenvalue weighted by atomic mass is 35.5. The van der Waals surface area contributed by atoms with Crippen LogP contribution in [0.5, 0.6) is 5.75 Å². The van der Waals surface area contributed by atoms with Gasteiger partial charge in [0.2, 0.25) is 0 Å². The van der Waals surface area contributed by atoms with Crippen molar-refractivity contribution < 1.29 is 14.3 Å². The molecule has 0 radical (unpaired) electrons. The van der Waals surface area contributed by atoms with Crippen LogP contribution in [0.25, 0.3) is 0 Å². The van der Waals surface area contributed by atoms with E-state index in [0.717, 1.165) is 12.8 Å². The number of ether oxygens (including phenoxy) is 2. The number of hydrogen-bond acceptors (Lipinski definition) is 3. The molecule has 16 heavy (non-hydrogen) atoms. The number of carbonyl (C=O) groups is 1. The van der Waals surface area contributed by atoms with Gasteiger partial charge in [0.25, 0.3) is 0 Å². The Balaban J connectivity index is 2.81. The Morgan fingerprint density at radius 3 is 2.81 bits per heavy atom. The van der Waals surface area contributed by atoms with Crippen LogP contribution < -0.4 is 4.74 Å². The van der Waals surface area contributed by atoms with E-state index in [4.69, 9.17) is 21.1 Å². The number of methoxy groups -OCH3 is 1. The zero-order valence-corrected chi connectivity index (χ0v) is 10.2. The lowest BCUT2D eigenvalue weighted by atomic mass is 10.2. The third kappa shape index (κ3) is 3.14. The predicted octanol–water partition coefficient (Wildman–Crippen LogP) is 3.31. The van der Waals surface area contributed by atoms with Gasteiger partial charge in [-0.15, -0.1) is 0 Å². The van der Waals surface area contributed by atoms with E-state index in [2.05, 4.69) is 0 Å². The fourth-order valence-electron chi connectivity index (χ4n) is 1.25. The Bertz CT molecular complexity index is 363. The van der Waals surface area contributed by atoms with Crippen molar-refractivity contribution in [3.8, 4) is 5.75 Å². The zero-order valence-electron chi connectivity index (χ0n) is 9.46. The number of carbonyl (C=O) groups excluding carboxylic acids is 1. The van der Waals surface area contributed by atoms with Crippen molar-refractivity contribution in [3.05, 3.63) is 28.8 Å². The van der Waals surface area contributed by atoms with Crippen LogP contribution in [0, 0.1) is 0 Å². The van der Waals surface area contributed by atoms with Crippen LogP contribution in [-0.4, -0.2) is 19.7 Å².